The number of nitrogens with zero attached hydrogens (tertiary/aromatic N) is 3. The average molecular weight is 297 g/mol. The summed E-state index contributed by atoms with van der Waals surface area (Å²) in [6, 6.07) is 0. The van der Waals surface area contributed by atoms with E-state index >= 15 is 0 Å². The van der Waals surface area contributed by atoms with E-state index in [9.17, 15) is 0 Å². The zero-order valence-corrected chi connectivity index (χ0v) is 13.2. The maximum atomic E-state index is 5.78. The molecule has 1 fully saturated rings. The van der Waals surface area contributed by atoms with E-state index in [4.69, 9.17) is 22.7 Å². The number of aromatic nitrogens is 2. The van der Waals surface area contributed by atoms with Crippen molar-refractivity contribution >= 4 is 23.0 Å². The van der Waals surface area contributed by atoms with Gasteiger partial charge in [-0.05, 0) is 13.5 Å². The molecule has 0 aliphatic carbocycles. The second kappa shape index (κ2) is 6.51. The summed E-state index contributed by atoms with van der Waals surface area (Å²) >= 11 is 5.10. The van der Waals surface area contributed by atoms with Crippen molar-refractivity contribution in [1.29, 1.82) is 0 Å². The Labute approximate surface area is 125 Å². The first-order valence-electron chi connectivity index (χ1n) is 6.94. The van der Waals surface area contributed by atoms with Crippen LogP contribution in [0.15, 0.2) is 0 Å². The van der Waals surface area contributed by atoms with Gasteiger partial charge in [-0.15, -0.1) is 0 Å². The lowest BCUT2D eigenvalue weighted by Crippen LogP contribution is -2.45. The number of ether oxygens (including phenoxy) is 1. The molecule has 1 aliphatic heterocycles. The zero-order chi connectivity index (χ0) is 14.7. The van der Waals surface area contributed by atoms with E-state index in [0.717, 1.165) is 49.9 Å². The summed E-state index contributed by atoms with van der Waals surface area (Å²) in [5, 5.41) is 7.74. The summed E-state index contributed by atoms with van der Waals surface area (Å²) in [6.07, 6.45) is 0.179. The summed E-state index contributed by atoms with van der Waals surface area (Å²) in [5.41, 5.74) is 7.45. The predicted molar refractivity (Wildman–Crippen MR) is 84.2 cm³/mol. The Morgan fingerprint density at radius 1 is 1.60 bits per heavy atom. The highest BCUT2D eigenvalue weighted by atomic mass is 32.1. The molecule has 0 radical (unpaired) electrons. The summed E-state index contributed by atoms with van der Waals surface area (Å²) in [4.78, 5) is 2.76. The van der Waals surface area contributed by atoms with Gasteiger partial charge in [0.2, 0.25) is 0 Å². The highest BCUT2D eigenvalue weighted by Crippen LogP contribution is 2.19. The Hall–Kier alpha value is -1.18. The SMILES string of the molecule is CCN1CCOC(CNc2c(C(N)=S)c(C)nn2C)C1. The standard InChI is InChI=1S/C13H23N5OS/c1-4-18-5-6-19-10(8-18)7-15-13-11(12(14)20)9(2)16-17(13)3/h10,15H,4-8H2,1-3H3,(H2,14,20). The Morgan fingerprint density at radius 2 is 2.35 bits per heavy atom. The molecule has 20 heavy (non-hydrogen) atoms. The molecule has 1 aromatic heterocycles. The van der Waals surface area contributed by atoms with E-state index in [1.807, 2.05) is 14.0 Å². The third kappa shape index (κ3) is 3.28. The summed E-state index contributed by atoms with van der Waals surface area (Å²) in [7, 11) is 1.89. The number of hydrogen-bond donors (Lipinski definition) is 2. The van der Waals surface area contributed by atoms with Gasteiger partial charge in [0.1, 0.15) is 10.8 Å². The number of aryl methyl sites for hydroxylation is 2. The molecule has 7 heteroatoms. The topological polar surface area (TPSA) is 68.3 Å². The molecule has 3 N–H and O–H groups in total. The molecule has 1 aliphatic rings. The fourth-order valence-electron chi connectivity index (χ4n) is 2.56. The lowest BCUT2D eigenvalue weighted by Gasteiger charge is -2.32. The molecular formula is C13H23N5OS. The van der Waals surface area contributed by atoms with Crippen LogP contribution in [0.1, 0.15) is 18.2 Å². The van der Waals surface area contributed by atoms with Crippen molar-refractivity contribution in [3.05, 3.63) is 11.3 Å². The van der Waals surface area contributed by atoms with E-state index in [-0.39, 0.29) is 6.10 Å². The van der Waals surface area contributed by atoms with Gasteiger partial charge >= 0.3 is 0 Å². The first-order valence-corrected chi connectivity index (χ1v) is 7.35. The van der Waals surface area contributed by atoms with Crippen LogP contribution in [0, 0.1) is 6.92 Å². The molecule has 0 amide bonds. The smallest absolute Gasteiger partial charge is 0.134 e. The number of hydrogen-bond acceptors (Lipinski definition) is 5. The van der Waals surface area contributed by atoms with Crippen molar-refractivity contribution in [2.75, 3.05) is 38.1 Å². The van der Waals surface area contributed by atoms with Crippen LogP contribution in [0.3, 0.4) is 0 Å². The van der Waals surface area contributed by atoms with Gasteiger partial charge in [-0.25, -0.2) is 0 Å². The van der Waals surface area contributed by atoms with E-state index in [2.05, 4.69) is 22.2 Å². The predicted octanol–water partition coefficient (Wildman–Crippen LogP) is 0.495. The monoisotopic (exact) mass is 297 g/mol. The van der Waals surface area contributed by atoms with Gasteiger partial charge in [0.25, 0.3) is 0 Å². The first kappa shape index (κ1) is 15.2. The lowest BCUT2D eigenvalue weighted by atomic mass is 10.2. The number of nitrogens with one attached hydrogen (secondary N) is 1. The van der Waals surface area contributed by atoms with Crippen molar-refractivity contribution in [2.24, 2.45) is 12.8 Å². The van der Waals surface area contributed by atoms with Crippen molar-refractivity contribution < 1.29 is 4.74 Å². The number of likely N-dealkylation sites (N-methyl/N-ethyl adjacent to an activating group) is 1. The minimum atomic E-state index is 0.179. The highest BCUT2D eigenvalue weighted by Gasteiger charge is 2.21. The summed E-state index contributed by atoms with van der Waals surface area (Å²) < 4.78 is 7.56. The van der Waals surface area contributed by atoms with Crippen molar-refractivity contribution in [2.45, 2.75) is 20.0 Å². The molecule has 0 bridgehead atoms. The van der Waals surface area contributed by atoms with E-state index in [1.165, 1.54) is 0 Å². The third-order valence-electron chi connectivity index (χ3n) is 3.64. The minimum Gasteiger partial charge on any atom is -0.389 e. The van der Waals surface area contributed by atoms with Crippen LogP contribution in [0.5, 0.6) is 0 Å². The van der Waals surface area contributed by atoms with Gasteiger partial charge in [-0.2, -0.15) is 5.10 Å². The molecule has 1 unspecified atom stereocenters. The highest BCUT2D eigenvalue weighted by molar-refractivity contribution is 7.80. The molecule has 6 nitrogen and oxygen atoms in total. The minimum absolute atomic E-state index is 0.179. The van der Waals surface area contributed by atoms with Crippen molar-refractivity contribution in [1.82, 2.24) is 14.7 Å². The molecule has 112 valence electrons. The van der Waals surface area contributed by atoms with Gasteiger partial charge < -0.3 is 15.8 Å². The van der Waals surface area contributed by atoms with E-state index in [1.54, 1.807) is 4.68 Å². The Morgan fingerprint density at radius 3 is 3.00 bits per heavy atom. The molecule has 0 aromatic carbocycles. The maximum absolute atomic E-state index is 5.78. The van der Waals surface area contributed by atoms with Crippen LogP contribution in [-0.4, -0.2) is 58.6 Å². The molecule has 1 saturated heterocycles. The fourth-order valence-corrected chi connectivity index (χ4v) is 2.80. The van der Waals surface area contributed by atoms with Gasteiger partial charge in [0.05, 0.1) is 24.0 Å². The van der Waals surface area contributed by atoms with Crippen LogP contribution in [0.2, 0.25) is 0 Å². The maximum Gasteiger partial charge on any atom is 0.134 e. The Kier molecular flexibility index (Phi) is 4.95. The number of anilines is 1. The van der Waals surface area contributed by atoms with E-state index in [0.29, 0.717) is 4.99 Å². The third-order valence-corrected chi connectivity index (χ3v) is 3.84. The summed E-state index contributed by atoms with van der Waals surface area (Å²) in [5.74, 6) is 0.868. The van der Waals surface area contributed by atoms with Gasteiger partial charge in [-0.3, -0.25) is 9.58 Å². The molecule has 0 spiro atoms. The molecular weight excluding hydrogens is 274 g/mol. The van der Waals surface area contributed by atoms with Gasteiger partial charge in [0.15, 0.2) is 0 Å². The van der Waals surface area contributed by atoms with Crippen molar-refractivity contribution in [3.8, 4) is 0 Å². The molecule has 1 aromatic rings. The molecule has 0 saturated carbocycles. The summed E-state index contributed by atoms with van der Waals surface area (Å²) in [6.45, 7) is 8.61. The average Bonchev–Trinajstić information content (AvgIpc) is 2.71. The normalized spacial score (nSPS) is 20.1. The molecule has 2 heterocycles. The second-order valence-corrected chi connectivity index (χ2v) is 5.50. The number of thiocarbonyl (C=S) groups is 1. The van der Waals surface area contributed by atoms with Crippen LogP contribution < -0.4 is 11.1 Å². The lowest BCUT2D eigenvalue weighted by molar-refractivity contribution is -0.0192. The molecule has 1 atom stereocenters. The van der Waals surface area contributed by atoms with E-state index < -0.39 is 0 Å². The van der Waals surface area contributed by atoms with Gasteiger partial charge in [-0.1, -0.05) is 19.1 Å². The molecule has 2 rings (SSSR count). The first-order chi connectivity index (χ1) is 9.52. The van der Waals surface area contributed by atoms with Crippen LogP contribution >= 0.6 is 12.2 Å². The number of morpholine rings is 1. The largest absolute Gasteiger partial charge is 0.389 e. The van der Waals surface area contributed by atoms with Crippen LogP contribution in [0.25, 0.3) is 0 Å². The number of rotatable bonds is 5. The van der Waals surface area contributed by atoms with Crippen LogP contribution in [-0.2, 0) is 11.8 Å². The van der Waals surface area contributed by atoms with Crippen molar-refractivity contribution in [3.63, 3.8) is 0 Å². The fraction of sp³-hybridized carbons (Fsp3) is 0.692. The zero-order valence-electron chi connectivity index (χ0n) is 12.3. The Balaban J connectivity index is 2.02. The second-order valence-electron chi connectivity index (χ2n) is 5.06. The Bertz CT molecular complexity index is 487. The van der Waals surface area contributed by atoms with Gasteiger partial charge in [0, 0.05) is 26.7 Å². The quantitative estimate of drug-likeness (QED) is 0.771. The number of nitrogens with two attached hydrogens (primary N) is 1. The van der Waals surface area contributed by atoms with Crippen LogP contribution in [0.4, 0.5) is 5.82 Å².